The van der Waals surface area contributed by atoms with Gasteiger partial charge in [-0.25, -0.2) is 0 Å². The van der Waals surface area contributed by atoms with Crippen LogP contribution in [0.2, 0.25) is 0 Å². The van der Waals surface area contributed by atoms with E-state index in [-0.39, 0.29) is 36.0 Å². The lowest BCUT2D eigenvalue weighted by Crippen LogP contribution is -2.38. The summed E-state index contributed by atoms with van der Waals surface area (Å²) in [6, 6.07) is 1.78. The molecular formula is C19H33IN4O4. The van der Waals surface area contributed by atoms with Crippen LogP contribution in [-0.2, 0) is 9.47 Å². The zero-order chi connectivity index (χ0) is 19.3. The molecule has 2 heterocycles. The van der Waals surface area contributed by atoms with E-state index in [2.05, 4.69) is 20.9 Å². The summed E-state index contributed by atoms with van der Waals surface area (Å²) in [7, 11) is 0. The Morgan fingerprint density at radius 3 is 2.79 bits per heavy atom. The third kappa shape index (κ3) is 9.24. The number of carbonyl (C=O) groups is 1. The lowest BCUT2D eigenvalue weighted by molar-refractivity contribution is 0.0420. The zero-order valence-corrected chi connectivity index (χ0v) is 19.1. The highest BCUT2D eigenvalue weighted by Crippen LogP contribution is 2.08. The van der Waals surface area contributed by atoms with Crippen molar-refractivity contribution in [3.8, 4) is 0 Å². The monoisotopic (exact) mass is 508 g/mol. The van der Waals surface area contributed by atoms with E-state index >= 15 is 0 Å². The molecule has 1 saturated heterocycles. The number of carbonyl (C=O) groups excluding carboxylic acids is 1. The Hall–Kier alpha value is -1.33. The molecule has 1 unspecified atom stereocenters. The summed E-state index contributed by atoms with van der Waals surface area (Å²) < 4.78 is 16.2. The third-order valence-electron chi connectivity index (χ3n) is 4.16. The minimum absolute atomic E-state index is 0. The maximum Gasteiger partial charge on any atom is 0.287 e. The number of ether oxygens (including phenoxy) is 2. The maximum atomic E-state index is 11.9. The van der Waals surface area contributed by atoms with Gasteiger partial charge >= 0.3 is 0 Å². The smallest absolute Gasteiger partial charge is 0.287 e. The van der Waals surface area contributed by atoms with Crippen molar-refractivity contribution in [1.82, 2.24) is 16.0 Å². The Labute approximate surface area is 184 Å². The molecular weight excluding hydrogens is 475 g/mol. The molecule has 1 aromatic heterocycles. The van der Waals surface area contributed by atoms with Gasteiger partial charge in [-0.15, -0.1) is 24.0 Å². The molecule has 2 rings (SSSR count). The molecule has 28 heavy (non-hydrogen) atoms. The second-order valence-electron chi connectivity index (χ2n) is 6.44. The van der Waals surface area contributed by atoms with Gasteiger partial charge in [0.15, 0.2) is 11.7 Å². The van der Waals surface area contributed by atoms with E-state index < -0.39 is 0 Å². The minimum Gasteiger partial charge on any atom is -0.459 e. The van der Waals surface area contributed by atoms with Crippen molar-refractivity contribution in [3.63, 3.8) is 0 Å². The largest absolute Gasteiger partial charge is 0.459 e. The van der Waals surface area contributed by atoms with E-state index in [4.69, 9.17) is 13.9 Å². The molecule has 1 amide bonds. The second kappa shape index (κ2) is 14.6. The van der Waals surface area contributed by atoms with Crippen LogP contribution < -0.4 is 16.0 Å². The van der Waals surface area contributed by atoms with Crippen molar-refractivity contribution < 1.29 is 18.7 Å². The minimum atomic E-state index is -0.181. The van der Waals surface area contributed by atoms with Crippen molar-refractivity contribution >= 4 is 35.8 Å². The van der Waals surface area contributed by atoms with Gasteiger partial charge in [0, 0.05) is 45.0 Å². The summed E-state index contributed by atoms with van der Waals surface area (Å²) in [6.07, 6.45) is 4.45. The van der Waals surface area contributed by atoms with Gasteiger partial charge in [0.05, 0.1) is 19.0 Å². The summed E-state index contributed by atoms with van der Waals surface area (Å²) >= 11 is 0. The topological polar surface area (TPSA) is 97.1 Å². The molecule has 1 aliphatic heterocycles. The van der Waals surface area contributed by atoms with Crippen LogP contribution in [0.1, 0.15) is 42.3 Å². The summed E-state index contributed by atoms with van der Waals surface area (Å²) in [5, 5.41) is 9.37. The average molecular weight is 508 g/mol. The molecule has 0 saturated carbocycles. The van der Waals surface area contributed by atoms with E-state index in [1.54, 1.807) is 6.07 Å². The fourth-order valence-corrected chi connectivity index (χ4v) is 2.67. The number of aryl methyl sites for hydroxylation is 1. The van der Waals surface area contributed by atoms with Crippen molar-refractivity contribution in [3.05, 3.63) is 23.7 Å². The first-order chi connectivity index (χ1) is 13.2. The fraction of sp³-hybridized carbons (Fsp3) is 0.684. The first kappa shape index (κ1) is 24.7. The quantitative estimate of drug-likeness (QED) is 0.183. The number of furan rings is 1. The number of hydrogen-bond donors (Lipinski definition) is 3. The van der Waals surface area contributed by atoms with Gasteiger partial charge in [-0.2, -0.15) is 0 Å². The van der Waals surface area contributed by atoms with Crippen LogP contribution in [0.5, 0.6) is 0 Å². The summed E-state index contributed by atoms with van der Waals surface area (Å²) in [5.41, 5.74) is 0.841. The summed E-state index contributed by atoms with van der Waals surface area (Å²) in [6.45, 7) is 8.91. The van der Waals surface area contributed by atoms with Crippen LogP contribution in [-0.4, -0.2) is 64.0 Å². The normalized spacial score (nSPS) is 16.5. The van der Waals surface area contributed by atoms with Crippen LogP contribution in [0.25, 0.3) is 0 Å². The number of aliphatic imine (C=N–C) groups is 1. The van der Waals surface area contributed by atoms with E-state index in [1.807, 2.05) is 13.8 Å². The predicted molar refractivity (Wildman–Crippen MR) is 120 cm³/mol. The Balaban J connectivity index is 0.00000392. The highest BCUT2D eigenvalue weighted by molar-refractivity contribution is 14.0. The van der Waals surface area contributed by atoms with Crippen molar-refractivity contribution in [2.24, 2.45) is 4.99 Å². The molecule has 1 aromatic rings. The molecule has 8 nitrogen and oxygen atoms in total. The SMILES string of the molecule is CCNC(=NCCCNC(=O)c1occc1C)NCCCOC1CCOC1.I. The zero-order valence-electron chi connectivity index (χ0n) is 16.8. The molecule has 1 fully saturated rings. The van der Waals surface area contributed by atoms with Gasteiger partial charge in [0.25, 0.3) is 5.91 Å². The highest BCUT2D eigenvalue weighted by Gasteiger charge is 2.15. The first-order valence-corrected chi connectivity index (χ1v) is 9.74. The lowest BCUT2D eigenvalue weighted by atomic mass is 10.2. The Morgan fingerprint density at radius 1 is 1.29 bits per heavy atom. The Morgan fingerprint density at radius 2 is 2.11 bits per heavy atom. The molecule has 0 radical (unpaired) electrons. The van der Waals surface area contributed by atoms with E-state index in [1.165, 1.54) is 6.26 Å². The van der Waals surface area contributed by atoms with Crippen LogP contribution in [0, 0.1) is 6.92 Å². The van der Waals surface area contributed by atoms with Gasteiger partial charge in [0.1, 0.15) is 0 Å². The van der Waals surface area contributed by atoms with E-state index in [9.17, 15) is 4.79 Å². The number of guanidine groups is 1. The van der Waals surface area contributed by atoms with E-state index in [0.717, 1.165) is 57.1 Å². The molecule has 0 spiro atoms. The molecule has 0 bridgehead atoms. The highest BCUT2D eigenvalue weighted by atomic mass is 127. The molecule has 0 aromatic carbocycles. The summed E-state index contributed by atoms with van der Waals surface area (Å²) in [5.74, 6) is 0.981. The van der Waals surface area contributed by atoms with Gasteiger partial charge in [-0.3, -0.25) is 9.79 Å². The molecule has 3 N–H and O–H groups in total. The lowest BCUT2D eigenvalue weighted by Gasteiger charge is -2.13. The standard InChI is InChI=1S/C19H32N4O4.HI/c1-3-20-19(23-10-5-11-26-16-7-12-25-14-16)22-9-4-8-21-18(24)17-15(2)6-13-27-17;/h6,13,16H,3-5,7-12,14H2,1-2H3,(H,21,24)(H2,20,22,23);1H. The number of nitrogens with zero attached hydrogens (tertiary/aromatic N) is 1. The number of rotatable bonds is 11. The van der Waals surface area contributed by atoms with Gasteiger partial charge in [0.2, 0.25) is 0 Å². The number of amides is 1. The van der Waals surface area contributed by atoms with Crippen molar-refractivity contribution in [1.29, 1.82) is 0 Å². The van der Waals surface area contributed by atoms with Crippen LogP contribution in [0.4, 0.5) is 0 Å². The van der Waals surface area contributed by atoms with Gasteiger partial charge in [-0.05, 0) is 39.2 Å². The average Bonchev–Trinajstić information content (AvgIpc) is 3.32. The molecule has 0 aliphatic carbocycles. The molecule has 1 atom stereocenters. The molecule has 9 heteroatoms. The number of nitrogens with one attached hydrogen (secondary N) is 3. The van der Waals surface area contributed by atoms with Crippen LogP contribution in [0.3, 0.4) is 0 Å². The number of halogens is 1. The van der Waals surface area contributed by atoms with Gasteiger partial charge in [-0.1, -0.05) is 0 Å². The summed E-state index contributed by atoms with van der Waals surface area (Å²) in [4.78, 5) is 16.5. The van der Waals surface area contributed by atoms with Gasteiger partial charge < -0.3 is 29.8 Å². The van der Waals surface area contributed by atoms with Crippen molar-refractivity contribution in [2.75, 3.05) is 46.0 Å². The number of hydrogen-bond acceptors (Lipinski definition) is 5. The molecule has 160 valence electrons. The Bertz CT molecular complexity index is 588. The van der Waals surface area contributed by atoms with Crippen LogP contribution >= 0.6 is 24.0 Å². The van der Waals surface area contributed by atoms with Crippen molar-refractivity contribution in [2.45, 2.75) is 39.2 Å². The van der Waals surface area contributed by atoms with E-state index in [0.29, 0.717) is 25.5 Å². The maximum absolute atomic E-state index is 11.9. The van der Waals surface area contributed by atoms with Crippen LogP contribution in [0.15, 0.2) is 21.7 Å². The Kier molecular flexibility index (Phi) is 12.9. The second-order valence-corrected chi connectivity index (χ2v) is 6.44. The fourth-order valence-electron chi connectivity index (χ4n) is 2.67. The third-order valence-corrected chi connectivity index (χ3v) is 4.16. The molecule has 1 aliphatic rings. The predicted octanol–water partition coefficient (Wildman–Crippen LogP) is 2.08. The first-order valence-electron chi connectivity index (χ1n) is 9.74.